The highest BCUT2D eigenvalue weighted by Gasteiger charge is 2.14. The van der Waals surface area contributed by atoms with Gasteiger partial charge in [-0.1, -0.05) is 30.3 Å². The van der Waals surface area contributed by atoms with Gasteiger partial charge in [-0.25, -0.2) is 13.1 Å². The highest BCUT2D eigenvalue weighted by molar-refractivity contribution is 7.89. The third-order valence-corrected chi connectivity index (χ3v) is 5.72. The Bertz CT molecular complexity index is 882. The van der Waals surface area contributed by atoms with Crippen LogP contribution in [0.3, 0.4) is 0 Å². The Balaban J connectivity index is 1.84. The largest absolute Gasteiger partial charge is 0.240 e. The lowest BCUT2D eigenvalue weighted by molar-refractivity contribution is 0.581. The first-order valence-corrected chi connectivity index (χ1v) is 8.94. The lowest BCUT2D eigenvalue weighted by Crippen LogP contribution is -2.23. The summed E-state index contributed by atoms with van der Waals surface area (Å²) >= 11 is 1.63. The van der Waals surface area contributed by atoms with Crippen LogP contribution in [0.25, 0.3) is 10.1 Å². The van der Waals surface area contributed by atoms with Crippen molar-refractivity contribution in [3.8, 4) is 0 Å². The summed E-state index contributed by atoms with van der Waals surface area (Å²) in [4.78, 5) is 0.307. The number of nitrogens with one attached hydrogen (secondary N) is 1. The van der Waals surface area contributed by atoms with E-state index in [4.69, 9.17) is 0 Å². The minimum absolute atomic E-state index is 0.306. The summed E-state index contributed by atoms with van der Waals surface area (Å²) in [5, 5.41) is 3.11. The van der Waals surface area contributed by atoms with Crippen LogP contribution < -0.4 is 4.72 Å². The second kappa shape index (κ2) is 5.60. The van der Waals surface area contributed by atoms with Gasteiger partial charge in [0.15, 0.2) is 0 Å². The van der Waals surface area contributed by atoms with Crippen molar-refractivity contribution in [3.05, 3.63) is 65.0 Å². The van der Waals surface area contributed by atoms with Crippen molar-refractivity contribution in [1.82, 2.24) is 4.72 Å². The molecule has 0 radical (unpaired) electrons. The van der Waals surface area contributed by atoms with Gasteiger partial charge in [-0.15, -0.1) is 11.3 Å². The van der Waals surface area contributed by atoms with Crippen LogP contribution in [0.1, 0.15) is 11.1 Å². The van der Waals surface area contributed by atoms with E-state index < -0.39 is 10.0 Å². The molecule has 1 heterocycles. The van der Waals surface area contributed by atoms with Gasteiger partial charge in [0.05, 0.1) is 4.90 Å². The molecule has 1 aromatic heterocycles. The average Bonchev–Trinajstić information content (AvgIpc) is 2.88. The van der Waals surface area contributed by atoms with E-state index in [9.17, 15) is 8.42 Å². The van der Waals surface area contributed by atoms with E-state index in [1.807, 2.05) is 42.6 Å². The zero-order valence-corrected chi connectivity index (χ0v) is 13.2. The molecule has 1 N–H and O–H groups in total. The molecular formula is C16H15NO2S2. The fourth-order valence-electron chi connectivity index (χ4n) is 2.21. The van der Waals surface area contributed by atoms with E-state index in [1.54, 1.807) is 29.5 Å². The zero-order valence-electron chi connectivity index (χ0n) is 11.5. The normalized spacial score (nSPS) is 11.9. The second-order valence-corrected chi connectivity index (χ2v) is 7.58. The minimum Gasteiger partial charge on any atom is -0.207 e. The van der Waals surface area contributed by atoms with Crippen molar-refractivity contribution in [1.29, 1.82) is 0 Å². The molecule has 0 fully saturated rings. The Morgan fingerprint density at radius 3 is 2.71 bits per heavy atom. The molecule has 0 saturated heterocycles. The van der Waals surface area contributed by atoms with Crippen LogP contribution in [0.5, 0.6) is 0 Å². The monoisotopic (exact) mass is 317 g/mol. The molecule has 0 spiro atoms. The third kappa shape index (κ3) is 3.00. The lowest BCUT2D eigenvalue weighted by atomic mass is 10.2. The van der Waals surface area contributed by atoms with Gasteiger partial charge in [-0.05, 0) is 47.0 Å². The maximum atomic E-state index is 12.3. The topological polar surface area (TPSA) is 46.2 Å². The van der Waals surface area contributed by atoms with E-state index in [1.165, 1.54) is 4.70 Å². The number of aryl methyl sites for hydroxylation is 1. The molecule has 108 valence electrons. The average molecular weight is 317 g/mol. The van der Waals surface area contributed by atoms with Crippen molar-refractivity contribution in [2.45, 2.75) is 18.4 Å². The Kier molecular flexibility index (Phi) is 3.80. The summed E-state index contributed by atoms with van der Waals surface area (Å²) in [5.41, 5.74) is 1.94. The van der Waals surface area contributed by atoms with E-state index in [0.717, 1.165) is 16.5 Å². The SMILES string of the molecule is Cc1cccc(S(=O)(=O)NCc2csc3ccccc23)c1. The molecule has 3 aromatic rings. The minimum atomic E-state index is -3.47. The molecule has 0 amide bonds. The predicted octanol–water partition coefficient (Wildman–Crippen LogP) is 3.69. The van der Waals surface area contributed by atoms with Crippen molar-refractivity contribution >= 4 is 31.4 Å². The van der Waals surface area contributed by atoms with Gasteiger partial charge >= 0.3 is 0 Å². The van der Waals surface area contributed by atoms with Gasteiger partial charge in [-0.3, -0.25) is 0 Å². The Morgan fingerprint density at radius 2 is 1.90 bits per heavy atom. The molecule has 2 aromatic carbocycles. The first-order chi connectivity index (χ1) is 10.1. The van der Waals surface area contributed by atoms with Crippen molar-refractivity contribution in [3.63, 3.8) is 0 Å². The maximum absolute atomic E-state index is 12.3. The van der Waals surface area contributed by atoms with E-state index in [2.05, 4.69) is 4.72 Å². The molecule has 21 heavy (non-hydrogen) atoms. The number of benzene rings is 2. The third-order valence-electron chi connectivity index (χ3n) is 3.31. The number of fused-ring (bicyclic) bond motifs is 1. The maximum Gasteiger partial charge on any atom is 0.240 e. The lowest BCUT2D eigenvalue weighted by Gasteiger charge is -2.07. The van der Waals surface area contributed by atoms with Crippen LogP contribution in [0, 0.1) is 6.92 Å². The molecular weight excluding hydrogens is 302 g/mol. The quantitative estimate of drug-likeness (QED) is 0.797. The fourth-order valence-corrected chi connectivity index (χ4v) is 4.28. The molecule has 3 rings (SSSR count). The zero-order chi connectivity index (χ0) is 14.9. The number of rotatable bonds is 4. The van der Waals surface area contributed by atoms with Crippen molar-refractivity contribution in [2.75, 3.05) is 0 Å². The van der Waals surface area contributed by atoms with Gasteiger partial charge in [0, 0.05) is 11.2 Å². The van der Waals surface area contributed by atoms with Gasteiger partial charge in [-0.2, -0.15) is 0 Å². The van der Waals surface area contributed by atoms with Crippen LogP contribution in [0.15, 0.2) is 58.8 Å². The van der Waals surface area contributed by atoms with Crippen LogP contribution in [-0.2, 0) is 16.6 Å². The number of sulfonamides is 1. The fraction of sp³-hybridized carbons (Fsp3) is 0.125. The molecule has 3 nitrogen and oxygen atoms in total. The summed E-state index contributed by atoms with van der Waals surface area (Å²) in [6.45, 7) is 2.19. The number of hydrogen-bond acceptors (Lipinski definition) is 3. The number of hydrogen-bond donors (Lipinski definition) is 1. The summed E-state index contributed by atoms with van der Waals surface area (Å²) in [5.74, 6) is 0. The Hall–Kier alpha value is -1.69. The van der Waals surface area contributed by atoms with E-state index in [-0.39, 0.29) is 0 Å². The second-order valence-electron chi connectivity index (χ2n) is 4.90. The summed E-state index contributed by atoms with van der Waals surface area (Å²) in [6.07, 6.45) is 0. The van der Waals surface area contributed by atoms with Crippen molar-refractivity contribution in [2.24, 2.45) is 0 Å². The predicted molar refractivity (Wildman–Crippen MR) is 87.0 cm³/mol. The van der Waals surface area contributed by atoms with Gasteiger partial charge in [0.25, 0.3) is 0 Å². The number of thiophene rings is 1. The van der Waals surface area contributed by atoms with Gasteiger partial charge < -0.3 is 0 Å². The standard InChI is InChI=1S/C16H15NO2S2/c1-12-5-4-6-14(9-12)21(18,19)17-10-13-11-20-16-8-3-2-7-15(13)16/h2-9,11,17H,10H2,1H3. The van der Waals surface area contributed by atoms with E-state index in [0.29, 0.717) is 11.4 Å². The molecule has 0 aliphatic rings. The van der Waals surface area contributed by atoms with Gasteiger partial charge in [0.1, 0.15) is 0 Å². The molecule has 0 aliphatic heterocycles. The summed E-state index contributed by atoms with van der Waals surface area (Å²) in [6, 6.07) is 14.9. The Labute approximate surface area is 128 Å². The smallest absolute Gasteiger partial charge is 0.207 e. The molecule has 0 saturated carbocycles. The summed E-state index contributed by atoms with van der Waals surface area (Å²) < 4.78 is 28.5. The molecule has 0 bridgehead atoms. The highest BCUT2D eigenvalue weighted by atomic mass is 32.2. The highest BCUT2D eigenvalue weighted by Crippen LogP contribution is 2.25. The summed E-state index contributed by atoms with van der Waals surface area (Å²) in [7, 11) is -3.47. The first kappa shape index (κ1) is 14.3. The van der Waals surface area contributed by atoms with Crippen molar-refractivity contribution < 1.29 is 8.42 Å². The molecule has 0 atom stereocenters. The van der Waals surface area contributed by atoms with Crippen LogP contribution in [0.2, 0.25) is 0 Å². The van der Waals surface area contributed by atoms with Crippen LogP contribution >= 0.6 is 11.3 Å². The molecule has 0 aliphatic carbocycles. The molecule has 5 heteroatoms. The van der Waals surface area contributed by atoms with Gasteiger partial charge in [0.2, 0.25) is 10.0 Å². The Morgan fingerprint density at radius 1 is 1.10 bits per heavy atom. The van der Waals surface area contributed by atoms with E-state index >= 15 is 0 Å². The molecule has 0 unspecified atom stereocenters. The van der Waals surface area contributed by atoms with Crippen LogP contribution in [-0.4, -0.2) is 8.42 Å². The van der Waals surface area contributed by atoms with Crippen LogP contribution in [0.4, 0.5) is 0 Å². The first-order valence-electron chi connectivity index (χ1n) is 6.58.